The second-order valence-corrected chi connectivity index (χ2v) is 8.69. The zero-order valence-electron chi connectivity index (χ0n) is 19.0. The molecule has 1 aliphatic heterocycles. The number of halogens is 1. The van der Waals surface area contributed by atoms with Crippen molar-refractivity contribution in [3.63, 3.8) is 0 Å². The van der Waals surface area contributed by atoms with Crippen LogP contribution in [0.1, 0.15) is 49.9 Å². The topological polar surface area (TPSA) is 61.4 Å². The molecule has 3 aromatic carbocycles. The quantitative estimate of drug-likeness (QED) is 0.556. The van der Waals surface area contributed by atoms with Crippen molar-refractivity contribution in [3.05, 3.63) is 99.1 Å². The van der Waals surface area contributed by atoms with Gasteiger partial charge in [0, 0.05) is 42.0 Å². The first-order valence-electron chi connectivity index (χ1n) is 11.2. The summed E-state index contributed by atoms with van der Waals surface area (Å²) in [5, 5.41) is 6.88. The highest BCUT2D eigenvalue weighted by atomic mass is 35.5. The van der Waals surface area contributed by atoms with Gasteiger partial charge in [-0.25, -0.2) is 0 Å². The summed E-state index contributed by atoms with van der Waals surface area (Å²) in [6.07, 6.45) is 1.83. The van der Waals surface area contributed by atoms with Crippen LogP contribution >= 0.6 is 11.6 Å². The fourth-order valence-electron chi connectivity index (χ4n) is 4.06. The van der Waals surface area contributed by atoms with Crippen LogP contribution in [0.2, 0.25) is 5.02 Å². The number of nitrogens with one attached hydrogen (secondary N) is 2. The number of hydrogen-bond acceptors (Lipinski definition) is 3. The maximum atomic E-state index is 13.1. The van der Waals surface area contributed by atoms with E-state index in [2.05, 4.69) is 22.8 Å². The molecule has 0 fully saturated rings. The number of benzene rings is 3. The third-order valence-corrected chi connectivity index (χ3v) is 6.44. The van der Waals surface area contributed by atoms with E-state index in [0.29, 0.717) is 22.7 Å². The highest BCUT2D eigenvalue weighted by Crippen LogP contribution is 2.23. The minimum atomic E-state index is -0.198. The van der Waals surface area contributed by atoms with Crippen molar-refractivity contribution >= 4 is 29.1 Å². The van der Waals surface area contributed by atoms with E-state index < -0.39 is 0 Å². The Balaban J connectivity index is 1.43. The molecule has 4 rings (SSSR count). The number of nitrogens with zero attached hydrogens (tertiary/aromatic N) is 1. The lowest BCUT2D eigenvalue weighted by Crippen LogP contribution is -2.28. The molecule has 5 nitrogen and oxygen atoms in total. The molecule has 0 unspecified atom stereocenters. The number of anilines is 1. The summed E-state index contributed by atoms with van der Waals surface area (Å²) in [4.78, 5) is 27.4. The van der Waals surface area contributed by atoms with Crippen molar-refractivity contribution in [1.29, 1.82) is 0 Å². The van der Waals surface area contributed by atoms with Gasteiger partial charge in [-0.3, -0.25) is 9.59 Å². The molecule has 2 amide bonds. The van der Waals surface area contributed by atoms with E-state index in [-0.39, 0.29) is 11.8 Å². The zero-order chi connectivity index (χ0) is 23.4. The third kappa shape index (κ3) is 5.27. The molecule has 0 spiro atoms. The third-order valence-electron chi connectivity index (χ3n) is 6.09. The number of hydrogen-bond donors (Lipinski definition) is 2. The van der Waals surface area contributed by atoms with E-state index in [4.69, 9.17) is 11.6 Å². The number of carbonyl (C=O) groups is 2. The van der Waals surface area contributed by atoms with Gasteiger partial charge in [0.05, 0.1) is 0 Å². The molecule has 0 radical (unpaired) electrons. The molecule has 6 heteroatoms. The van der Waals surface area contributed by atoms with Crippen molar-refractivity contribution < 1.29 is 9.59 Å². The van der Waals surface area contributed by atoms with E-state index in [1.54, 1.807) is 30.1 Å². The van der Waals surface area contributed by atoms with Crippen LogP contribution in [0, 0.1) is 0 Å². The summed E-state index contributed by atoms with van der Waals surface area (Å²) >= 11 is 6.24. The summed E-state index contributed by atoms with van der Waals surface area (Å²) in [6.45, 7) is 4.16. The van der Waals surface area contributed by atoms with Crippen LogP contribution in [0.25, 0.3) is 0 Å². The van der Waals surface area contributed by atoms with Gasteiger partial charge in [0.1, 0.15) is 0 Å². The van der Waals surface area contributed by atoms with Gasteiger partial charge in [-0.2, -0.15) is 0 Å². The van der Waals surface area contributed by atoms with Gasteiger partial charge in [0.25, 0.3) is 11.8 Å². The molecule has 0 aromatic heterocycles. The fourth-order valence-corrected chi connectivity index (χ4v) is 4.37. The van der Waals surface area contributed by atoms with Crippen molar-refractivity contribution in [3.8, 4) is 0 Å². The first kappa shape index (κ1) is 23.0. The zero-order valence-corrected chi connectivity index (χ0v) is 19.7. The molecule has 3 aromatic rings. The van der Waals surface area contributed by atoms with Gasteiger partial charge >= 0.3 is 0 Å². The SMILES string of the molecule is CCc1ccc(C(=O)NCc2cccc(C(=O)N(C)c3ccc4c(c3)CNCC4)c2)cc1Cl. The molecule has 0 saturated heterocycles. The lowest BCUT2D eigenvalue weighted by Gasteiger charge is -2.22. The predicted molar refractivity (Wildman–Crippen MR) is 133 cm³/mol. The minimum absolute atomic E-state index is 0.0890. The normalized spacial score (nSPS) is 12.7. The van der Waals surface area contributed by atoms with E-state index in [1.165, 1.54) is 11.1 Å². The Bertz CT molecular complexity index is 1190. The van der Waals surface area contributed by atoms with Gasteiger partial charge < -0.3 is 15.5 Å². The van der Waals surface area contributed by atoms with Gasteiger partial charge in [0.2, 0.25) is 0 Å². The Morgan fingerprint density at radius 2 is 1.88 bits per heavy atom. The monoisotopic (exact) mass is 461 g/mol. The van der Waals surface area contributed by atoms with E-state index in [9.17, 15) is 9.59 Å². The Morgan fingerprint density at radius 1 is 1.03 bits per heavy atom. The minimum Gasteiger partial charge on any atom is -0.348 e. The molecule has 0 saturated carbocycles. The second kappa shape index (κ2) is 10.2. The summed E-state index contributed by atoms with van der Waals surface area (Å²) in [5.41, 5.74) is 6.41. The number of fused-ring (bicyclic) bond motifs is 1. The molecular formula is C27H28ClN3O2. The maximum absolute atomic E-state index is 13.1. The van der Waals surface area contributed by atoms with Crippen molar-refractivity contribution in [2.75, 3.05) is 18.5 Å². The molecule has 33 heavy (non-hydrogen) atoms. The van der Waals surface area contributed by atoms with Crippen LogP contribution < -0.4 is 15.5 Å². The molecule has 1 heterocycles. The number of aryl methyl sites for hydroxylation is 1. The molecule has 170 valence electrons. The molecule has 1 aliphatic rings. The van der Waals surface area contributed by atoms with Crippen LogP contribution in [0.4, 0.5) is 5.69 Å². The summed E-state index contributed by atoms with van der Waals surface area (Å²) in [6, 6.07) is 18.9. The Hall–Kier alpha value is -3.15. The molecule has 0 bridgehead atoms. The molecular weight excluding hydrogens is 434 g/mol. The van der Waals surface area contributed by atoms with Crippen molar-refractivity contribution in [2.24, 2.45) is 0 Å². The molecule has 0 atom stereocenters. The Morgan fingerprint density at radius 3 is 2.67 bits per heavy atom. The van der Waals surface area contributed by atoms with Crippen molar-refractivity contribution in [2.45, 2.75) is 32.9 Å². The van der Waals surface area contributed by atoms with Gasteiger partial charge in [-0.15, -0.1) is 0 Å². The number of amides is 2. The second-order valence-electron chi connectivity index (χ2n) is 8.29. The summed E-state index contributed by atoms with van der Waals surface area (Å²) in [5.74, 6) is -0.287. The lowest BCUT2D eigenvalue weighted by atomic mass is 10.00. The number of carbonyl (C=O) groups excluding carboxylic acids is 2. The average Bonchev–Trinajstić information content (AvgIpc) is 2.86. The predicted octanol–water partition coefficient (Wildman–Crippen LogP) is 4.75. The summed E-state index contributed by atoms with van der Waals surface area (Å²) < 4.78 is 0. The summed E-state index contributed by atoms with van der Waals surface area (Å²) in [7, 11) is 1.79. The smallest absolute Gasteiger partial charge is 0.258 e. The van der Waals surface area contributed by atoms with Crippen LogP contribution in [0.5, 0.6) is 0 Å². The van der Waals surface area contributed by atoms with Crippen molar-refractivity contribution in [1.82, 2.24) is 10.6 Å². The van der Waals surface area contributed by atoms with Crippen LogP contribution in [-0.4, -0.2) is 25.4 Å². The number of rotatable bonds is 6. The Kier molecular flexibility index (Phi) is 7.11. The molecule has 2 N–H and O–H groups in total. The van der Waals surface area contributed by atoms with Gasteiger partial charge in [-0.1, -0.05) is 42.8 Å². The highest BCUT2D eigenvalue weighted by molar-refractivity contribution is 6.31. The maximum Gasteiger partial charge on any atom is 0.258 e. The largest absolute Gasteiger partial charge is 0.348 e. The lowest BCUT2D eigenvalue weighted by molar-refractivity contribution is 0.0950. The first-order chi connectivity index (χ1) is 16.0. The standard InChI is InChI=1S/C27H28ClN3O2/c1-3-19-7-8-21(15-25(19)28)26(32)30-16-18-5-4-6-22(13-18)27(33)31(2)24-10-9-20-11-12-29-17-23(20)14-24/h4-10,13-15,29H,3,11-12,16-17H2,1-2H3,(H,30,32). The van der Waals surface area contributed by atoms with Crippen LogP contribution in [-0.2, 0) is 25.9 Å². The van der Waals surface area contributed by atoms with E-state index in [1.807, 2.05) is 37.3 Å². The van der Waals surface area contributed by atoms with E-state index in [0.717, 1.165) is 42.7 Å². The van der Waals surface area contributed by atoms with Gasteiger partial charge in [-0.05, 0) is 78.0 Å². The first-order valence-corrected chi connectivity index (χ1v) is 11.6. The highest BCUT2D eigenvalue weighted by Gasteiger charge is 2.17. The van der Waals surface area contributed by atoms with Gasteiger partial charge in [0.15, 0.2) is 0 Å². The fraction of sp³-hybridized carbons (Fsp3) is 0.259. The van der Waals surface area contributed by atoms with Crippen LogP contribution in [0.3, 0.4) is 0 Å². The van der Waals surface area contributed by atoms with E-state index >= 15 is 0 Å². The van der Waals surface area contributed by atoms with Crippen LogP contribution in [0.15, 0.2) is 60.7 Å². The molecule has 0 aliphatic carbocycles. The average molecular weight is 462 g/mol. The Labute approximate surface area is 199 Å².